The molecule has 0 bridgehead atoms. The number of benzene rings is 2. The van der Waals surface area contributed by atoms with Crippen molar-refractivity contribution >= 4 is 48.2 Å². The first kappa shape index (κ1) is 29.9. The number of carbonyl (C=O) groups excluding carboxylic acids is 1. The van der Waals surface area contributed by atoms with Crippen LogP contribution in [0.15, 0.2) is 70.7 Å². The number of carbonyl (C=O) groups is 1. The van der Waals surface area contributed by atoms with Crippen molar-refractivity contribution < 1.29 is 31.3 Å². The van der Waals surface area contributed by atoms with Gasteiger partial charge in [-0.05, 0) is 62.1 Å². The van der Waals surface area contributed by atoms with Crippen LogP contribution in [-0.2, 0) is 19.9 Å². The number of sulfonamides is 1. The highest BCUT2D eigenvalue weighted by Crippen LogP contribution is 2.38. The van der Waals surface area contributed by atoms with E-state index in [1.807, 2.05) is 0 Å². The predicted molar refractivity (Wildman–Crippen MR) is 157 cm³/mol. The molecule has 1 aliphatic rings. The number of nitrogens with two attached hydrogens (primary N) is 1. The third kappa shape index (κ3) is 6.60. The fourth-order valence-electron chi connectivity index (χ4n) is 5.08. The predicted octanol–water partition coefficient (Wildman–Crippen LogP) is 3.47. The Morgan fingerprint density at radius 1 is 1.07 bits per heavy atom. The first-order valence-corrected chi connectivity index (χ1v) is 16.5. The third-order valence-corrected chi connectivity index (χ3v) is 9.61. The minimum atomic E-state index is -4.46. The topological polar surface area (TPSA) is 216 Å². The van der Waals surface area contributed by atoms with E-state index in [0.717, 1.165) is 12.3 Å². The summed E-state index contributed by atoms with van der Waals surface area (Å²) in [5.41, 5.74) is 5.56. The standard InChI is InChI=1S/C27H28N6O8S2/c1-42(37,38)32-18-7-5-17(6-8-18)31-22-10-9-20(14-23(22)33(35)36)43(39,40)24-4-2-3-21(26(28)34)25(24)41-19-13-16-11-12-29-27(16)30-15-19/h2-4,9-15,17-18,31-32H,5-8H2,1H3,(H2,28,34)(H,29,30). The van der Waals surface area contributed by atoms with Crippen LogP contribution in [0.2, 0.25) is 0 Å². The number of nitrogens with one attached hydrogen (secondary N) is 3. The van der Waals surface area contributed by atoms with Crippen LogP contribution >= 0.6 is 0 Å². The lowest BCUT2D eigenvalue weighted by Gasteiger charge is -2.29. The number of rotatable bonds is 10. The number of nitro benzene ring substituents is 1. The minimum Gasteiger partial charge on any atom is -0.453 e. The molecule has 1 fully saturated rings. The van der Waals surface area contributed by atoms with E-state index in [-0.39, 0.29) is 34.8 Å². The minimum absolute atomic E-state index is 0.122. The zero-order valence-electron chi connectivity index (χ0n) is 22.8. The van der Waals surface area contributed by atoms with Crippen LogP contribution in [-0.4, -0.2) is 56.0 Å². The molecule has 0 unspecified atom stereocenters. The number of nitro groups is 1. The maximum Gasteiger partial charge on any atom is 0.293 e. The SMILES string of the molecule is CS(=O)(=O)NC1CCC(Nc2ccc(S(=O)(=O)c3cccc(C(N)=O)c3Oc3cnc4[nH]ccc4c3)cc2[N+](=O)[O-])CC1. The number of sulfone groups is 1. The molecular formula is C27H28N6O8S2. The fourth-order valence-corrected chi connectivity index (χ4v) is 7.34. The van der Waals surface area contributed by atoms with Gasteiger partial charge in [-0.25, -0.2) is 26.5 Å². The molecule has 0 spiro atoms. The first-order chi connectivity index (χ1) is 20.3. The largest absolute Gasteiger partial charge is 0.453 e. The quantitative estimate of drug-likeness (QED) is 0.148. The Kier molecular flexibility index (Phi) is 8.09. The zero-order chi connectivity index (χ0) is 30.9. The maximum atomic E-state index is 13.9. The molecule has 2 aromatic carbocycles. The molecule has 5 N–H and O–H groups in total. The van der Waals surface area contributed by atoms with Crippen LogP contribution in [0.5, 0.6) is 11.5 Å². The van der Waals surface area contributed by atoms with E-state index in [1.165, 1.54) is 36.5 Å². The van der Waals surface area contributed by atoms with Crippen LogP contribution in [0.1, 0.15) is 36.0 Å². The van der Waals surface area contributed by atoms with Gasteiger partial charge < -0.3 is 20.8 Å². The van der Waals surface area contributed by atoms with Crippen molar-refractivity contribution in [2.75, 3.05) is 11.6 Å². The number of nitrogens with zero attached hydrogens (tertiary/aromatic N) is 2. The van der Waals surface area contributed by atoms with E-state index in [1.54, 1.807) is 18.3 Å². The van der Waals surface area contributed by atoms with Crippen molar-refractivity contribution in [2.24, 2.45) is 5.73 Å². The highest BCUT2D eigenvalue weighted by Gasteiger charge is 2.30. The van der Waals surface area contributed by atoms with Crippen LogP contribution < -0.4 is 20.5 Å². The molecule has 16 heteroatoms. The number of H-pyrrole nitrogens is 1. The maximum absolute atomic E-state index is 13.9. The van der Waals surface area contributed by atoms with Gasteiger partial charge in [-0.2, -0.15) is 0 Å². The molecule has 0 aliphatic heterocycles. The molecule has 43 heavy (non-hydrogen) atoms. The number of hydrogen-bond acceptors (Lipinski definition) is 10. The molecule has 4 aromatic rings. The number of ether oxygens (including phenoxy) is 1. The Balaban J connectivity index is 1.46. The summed E-state index contributed by atoms with van der Waals surface area (Å²) in [5, 5.41) is 15.8. The summed E-state index contributed by atoms with van der Waals surface area (Å²) >= 11 is 0. The van der Waals surface area contributed by atoms with Crippen LogP contribution in [0.4, 0.5) is 11.4 Å². The van der Waals surface area contributed by atoms with E-state index in [0.29, 0.717) is 36.7 Å². The molecule has 2 aromatic heterocycles. The Morgan fingerprint density at radius 2 is 1.79 bits per heavy atom. The Hall–Kier alpha value is -4.54. The second-order valence-corrected chi connectivity index (χ2v) is 13.9. The van der Waals surface area contributed by atoms with Crippen LogP contribution in [0, 0.1) is 10.1 Å². The van der Waals surface area contributed by atoms with Crippen molar-refractivity contribution in [1.82, 2.24) is 14.7 Å². The van der Waals surface area contributed by atoms with Gasteiger partial charge in [0.15, 0.2) is 5.75 Å². The lowest BCUT2D eigenvalue weighted by molar-refractivity contribution is -0.384. The number of aromatic nitrogens is 2. The molecule has 1 saturated carbocycles. The van der Waals surface area contributed by atoms with E-state index in [2.05, 4.69) is 20.0 Å². The van der Waals surface area contributed by atoms with E-state index in [4.69, 9.17) is 10.5 Å². The molecule has 2 heterocycles. The smallest absolute Gasteiger partial charge is 0.293 e. The molecule has 14 nitrogen and oxygen atoms in total. The fraction of sp³-hybridized carbons (Fsp3) is 0.259. The average Bonchev–Trinajstić information content (AvgIpc) is 3.41. The first-order valence-electron chi connectivity index (χ1n) is 13.1. The van der Waals surface area contributed by atoms with Crippen molar-refractivity contribution in [3.8, 4) is 11.5 Å². The number of fused-ring (bicyclic) bond motifs is 1. The second kappa shape index (κ2) is 11.6. The third-order valence-electron chi connectivity index (χ3n) is 7.07. The van der Waals surface area contributed by atoms with Gasteiger partial charge in [0.25, 0.3) is 11.6 Å². The van der Waals surface area contributed by atoms with Crippen molar-refractivity contribution in [3.63, 3.8) is 0 Å². The number of para-hydroxylation sites is 1. The summed E-state index contributed by atoms with van der Waals surface area (Å²) in [4.78, 5) is 29.9. The van der Waals surface area contributed by atoms with E-state index < -0.39 is 46.2 Å². The monoisotopic (exact) mass is 628 g/mol. The Labute approximate surface area is 246 Å². The summed E-state index contributed by atoms with van der Waals surface area (Å²) in [6.07, 6.45) is 6.29. The summed E-state index contributed by atoms with van der Waals surface area (Å²) in [7, 11) is -7.81. The summed E-state index contributed by atoms with van der Waals surface area (Å²) in [6.45, 7) is 0. The number of primary amides is 1. The van der Waals surface area contributed by atoms with Crippen LogP contribution in [0.3, 0.4) is 0 Å². The van der Waals surface area contributed by atoms with Crippen molar-refractivity contribution in [2.45, 2.75) is 47.6 Å². The summed E-state index contributed by atoms with van der Waals surface area (Å²) in [6, 6.07) is 10.3. The lowest BCUT2D eigenvalue weighted by Crippen LogP contribution is -2.39. The van der Waals surface area contributed by atoms with E-state index in [9.17, 15) is 31.7 Å². The van der Waals surface area contributed by atoms with Gasteiger partial charge >= 0.3 is 0 Å². The molecule has 0 radical (unpaired) electrons. The van der Waals surface area contributed by atoms with Gasteiger partial charge in [0, 0.05) is 29.7 Å². The van der Waals surface area contributed by atoms with Crippen molar-refractivity contribution in [3.05, 3.63) is 76.6 Å². The second-order valence-electron chi connectivity index (χ2n) is 10.2. The highest BCUT2D eigenvalue weighted by atomic mass is 32.2. The van der Waals surface area contributed by atoms with E-state index >= 15 is 0 Å². The molecule has 226 valence electrons. The molecule has 1 amide bonds. The molecule has 1 aliphatic carbocycles. The van der Waals surface area contributed by atoms with Gasteiger partial charge in [-0.3, -0.25) is 14.9 Å². The zero-order valence-corrected chi connectivity index (χ0v) is 24.4. The number of amides is 1. The van der Waals surface area contributed by atoms with Gasteiger partial charge in [0.05, 0.1) is 27.8 Å². The Morgan fingerprint density at radius 3 is 2.47 bits per heavy atom. The van der Waals surface area contributed by atoms with Gasteiger partial charge in [-0.1, -0.05) is 6.07 Å². The van der Waals surface area contributed by atoms with Crippen molar-refractivity contribution in [1.29, 1.82) is 0 Å². The number of aromatic amines is 1. The summed E-state index contributed by atoms with van der Waals surface area (Å²) < 4.78 is 59.2. The highest BCUT2D eigenvalue weighted by molar-refractivity contribution is 7.91. The van der Waals surface area contributed by atoms with Crippen LogP contribution in [0.25, 0.3) is 11.0 Å². The number of anilines is 1. The molecular weight excluding hydrogens is 600 g/mol. The molecule has 5 rings (SSSR count). The summed E-state index contributed by atoms with van der Waals surface area (Å²) in [5.74, 6) is -1.13. The van der Waals surface area contributed by atoms with Gasteiger partial charge in [-0.15, -0.1) is 0 Å². The average molecular weight is 629 g/mol. The Bertz CT molecular complexity index is 1930. The van der Waals surface area contributed by atoms with Gasteiger partial charge in [0.1, 0.15) is 22.0 Å². The number of hydrogen-bond donors (Lipinski definition) is 4. The normalized spacial score (nSPS) is 17.4. The lowest BCUT2D eigenvalue weighted by atomic mass is 9.91. The molecule has 0 atom stereocenters. The number of pyridine rings is 1. The molecule has 0 saturated heterocycles. The van der Waals surface area contributed by atoms with Gasteiger partial charge in [0.2, 0.25) is 19.9 Å².